The molecule has 102 valence electrons. The second-order valence-electron chi connectivity index (χ2n) is 4.54. The molecule has 0 aliphatic carbocycles. The topological polar surface area (TPSA) is 54.5 Å². The number of rotatable bonds is 8. The van der Waals surface area contributed by atoms with Crippen LogP contribution in [-0.2, 0) is 14.4 Å². The molecule has 1 aliphatic heterocycles. The first-order valence-electron chi connectivity index (χ1n) is 6.51. The van der Waals surface area contributed by atoms with Gasteiger partial charge in [-0.25, -0.2) is 0 Å². The SMILES string of the molecule is CCSC1CC(=O)N(CCCCCC(C)=O)C1=O. The maximum atomic E-state index is 11.9. The highest BCUT2D eigenvalue weighted by Crippen LogP contribution is 2.25. The van der Waals surface area contributed by atoms with Gasteiger partial charge < -0.3 is 4.79 Å². The second kappa shape index (κ2) is 7.56. The number of Topliss-reactive ketones (excluding diaryl/α,β-unsaturated/α-hetero) is 1. The maximum absolute atomic E-state index is 11.9. The normalized spacial score (nSPS) is 19.7. The van der Waals surface area contributed by atoms with Crippen molar-refractivity contribution >= 4 is 29.4 Å². The van der Waals surface area contributed by atoms with Gasteiger partial charge in [-0.3, -0.25) is 14.5 Å². The largest absolute Gasteiger partial charge is 0.300 e. The monoisotopic (exact) mass is 271 g/mol. The molecule has 1 heterocycles. The number of ketones is 1. The van der Waals surface area contributed by atoms with Gasteiger partial charge in [0, 0.05) is 19.4 Å². The van der Waals surface area contributed by atoms with Crippen molar-refractivity contribution in [1.29, 1.82) is 0 Å². The van der Waals surface area contributed by atoms with E-state index in [4.69, 9.17) is 0 Å². The number of thioether (sulfide) groups is 1. The van der Waals surface area contributed by atoms with Crippen molar-refractivity contribution in [2.75, 3.05) is 12.3 Å². The van der Waals surface area contributed by atoms with Gasteiger partial charge in [0.1, 0.15) is 5.78 Å². The molecule has 5 heteroatoms. The molecule has 1 saturated heterocycles. The fourth-order valence-corrected chi connectivity index (χ4v) is 2.97. The summed E-state index contributed by atoms with van der Waals surface area (Å²) in [6.45, 7) is 4.09. The highest BCUT2D eigenvalue weighted by atomic mass is 32.2. The highest BCUT2D eigenvalue weighted by Gasteiger charge is 2.37. The molecule has 1 fully saturated rings. The Morgan fingerprint density at radius 3 is 2.67 bits per heavy atom. The van der Waals surface area contributed by atoms with Gasteiger partial charge in [-0.15, -0.1) is 11.8 Å². The molecule has 1 unspecified atom stereocenters. The third kappa shape index (κ3) is 4.44. The van der Waals surface area contributed by atoms with E-state index in [2.05, 4.69) is 0 Å². The lowest BCUT2D eigenvalue weighted by atomic mass is 10.1. The number of carbonyl (C=O) groups is 3. The molecular weight excluding hydrogens is 250 g/mol. The molecule has 1 aliphatic rings. The van der Waals surface area contributed by atoms with Crippen LogP contribution in [0.2, 0.25) is 0 Å². The van der Waals surface area contributed by atoms with Crippen molar-refractivity contribution in [3.8, 4) is 0 Å². The van der Waals surface area contributed by atoms with Crippen molar-refractivity contribution in [2.24, 2.45) is 0 Å². The molecule has 18 heavy (non-hydrogen) atoms. The number of nitrogens with zero attached hydrogens (tertiary/aromatic N) is 1. The lowest BCUT2D eigenvalue weighted by Gasteiger charge is -2.14. The third-order valence-corrected chi connectivity index (χ3v) is 4.08. The number of hydrogen-bond donors (Lipinski definition) is 0. The van der Waals surface area contributed by atoms with Gasteiger partial charge in [0.15, 0.2) is 0 Å². The van der Waals surface area contributed by atoms with Crippen LogP contribution in [0.15, 0.2) is 0 Å². The summed E-state index contributed by atoms with van der Waals surface area (Å²) >= 11 is 1.55. The Kier molecular flexibility index (Phi) is 6.39. The van der Waals surface area contributed by atoms with Crippen LogP contribution in [0, 0.1) is 0 Å². The first kappa shape index (κ1) is 15.2. The minimum atomic E-state index is -0.167. The van der Waals surface area contributed by atoms with Crippen LogP contribution in [0.25, 0.3) is 0 Å². The van der Waals surface area contributed by atoms with Crippen LogP contribution in [0.5, 0.6) is 0 Å². The van der Waals surface area contributed by atoms with Crippen LogP contribution in [0.1, 0.15) is 46.0 Å². The Morgan fingerprint density at radius 1 is 1.33 bits per heavy atom. The molecule has 1 rings (SSSR count). The van der Waals surface area contributed by atoms with Gasteiger partial charge in [0.05, 0.1) is 5.25 Å². The Bertz CT molecular complexity index is 330. The summed E-state index contributed by atoms with van der Waals surface area (Å²) in [7, 11) is 0. The van der Waals surface area contributed by atoms with Crippen molar-refractivity contribution in [3.05, 3.63) is 0 Å². The zero-order valence-electron chi connectivity index (χ0n) is 11.1. The lowest BCUT2D eigenvalue weighted by Crippen LogP contribution is -2.32. The van der Waals surface area contributed by atoms with E-state index in [9.17, 15) is 14.4 Å². The zero-order chi connectivity index (χ0) is 13.5. The molecule has 0 bridgehead atoms. The van der Waals surface area contributed by atoms with E-state index in [0.29, 0.717) is 19.4 Å². The Labute approximate surface area is 112 Å². The zero-order valence-corrected chi connectivity index (χ0v) is 11.9. The van der Waals surface area contributed by atoms with E-state index in [1.807, 2.05) is 6.92 Å². The minimum Gasteiger partial charge on any atom is -0.300 e. The van der Waals surface area contributed by atoms with Gasteiger partial charge >= 0.3 is 0 Å². The summed E-state index contributed by atoms with van der Waals surface area (Å²) < 4.78 is 0. The predicted octanol–water partition coefficient (Wildman–Crippen LogP) is 2.02. The molecule has 0 radical (unpaired) electrons. The molecule has 0 aromatic carbocycles. The summed E-state index contributed by atoms with van der Waals surface area (Å²) in [5.41, 5.74) is 0. The van der Waals surface area contributed by atoms with Crippen molar-refractivity contribution < 1.29 is 14.4 Å². The molecule has 0 saturated carbocycles. The van der Waals surface area contributed by atoms with E-state index >= 15 is 0 Å². The molecular formula is C13H21NO3S. The van der Waals surface area contributed by atoms with Crippen LogP contribution >= 0.6 is 11.8 Å². The predicted molar refractivity (Wildman–Crippen MR) is 72.4 cm³/mol. The summed E-state index contributed by atoms with van der Waals surface area (Å²) in [6.07, 6.45) is 3.48. The van der Waals surface area contributed by atoms with Gasteiger partial charge in [0.25, 0.3) is 0 Å². The summed E-state index contributed by atoms with van der Waals surface area (Å²) in [6, 6.07) is 0. The number of carbonyl (C=O) groups excluding carboxylic acids is 3. The Hall–Kier alpha value is -0.840. The van der Waals surface area contributed by atoms with Crippen molar-refractivity contribution in [3.63, 3.8) is 0 Å². The summed E-state index contributed by atoms with van der Waals surface area (Å²) in [5.74, 6) is 0.981. The van der Waals surface area contributed by atoms with Crippen molar-refractivity contribution in [1.82, 2.24) is 4.90 Å². The molecule has 2 amide bonds. The molecule has 0 aromatic rings. The smallest absolute Gasteiger partial charge is 0.242 e. The molecule has 4 nitrogen and oxygen atoms in total. The second-order valence-corrected chi connectivity index (χ2v) is 6.02. The van der Waals surface area contributed by atoms with Crippen LogP contribution in [0.3, 0.4) is 0 Å². The van der Waals surface area contributed by atoms with E-state index in [1.165, 1.54) is 4.90 Å². The van der Waals surface area contributed by atoms with E-state index < -0.39 is 0 Å². The van der Waals surface area contributed by atoms with E-state index in [-0.39, 0.29) is 22.8 Å². The average Bonchev–Trinajstić information content (AvgIpc) is 2.56. The first-order valence-corrected chi connectivity index (χ1v) is 7.56. The number of hydrogen-bond acceptors (Lipinski definition) is 4. The molecule has 0 spiro atoms. The number of amides is 2. The average molecular weight is 271 g/mol. The van der Waals surface area contributed by atoms with Gasteiger partial charge in [-0.2, -0.15) is 0 Å². The van der Waals surface area contributed by atoms with Crippen LogP contribution in [0.4, 0.5) is 0 Å². The highest BCUT2D eigenvalue weighted by molar-refractivity contribution is 8.00. The van der Waals surface area contributed by atoms with Crippen molar-refractivity contribution in [2.45, 2.75) is 51.2 Å². The van der Waals surface area contributed by atoms with Gasteiger partial charge in [-0.1, -0.05) is 13.3 Å². The maximum Gasteiger partial charge on any atom is 0.242 e. The number of unbranched alkanes of at least 4 members (excludes halogenated alkanes) is 2. The fourth-order valence-electron chi connectivity index (χ4n) is 2.04. The van der Waals surface area contributed by atoms with E-state index in [1.54, 1.807) is 18.7 Å². The Balaban J connectivity index is 2.27. The molecule has 0 aromatic heterocycles. The summed E-state index contributed by atoms with van der Waals surface area (Å²) in [4.78, 5) is 35.7. The number of likely N-dealkylation sites (tertiary alicyclic amines) is 1. The fraction of sp³-hybridized carbons (Fsp3) is 0.769. The standard InChI is InChI=1S/C13H21NO3S/c1-3-18-11-9-12(16)14(13(11)17)8-6-4-5-7-10(2)15/h11H,3-9H2,1-2H3. The lowest BCUT2D eigenvalue weighted by molar-refractivity contribution is -0.138. The first-order chi connectivity index (χ1) is 8.56. The number of imide groups is 1. The van der Waals surface area contributed by atoms with Crippen LogP contribution < -0.4 is 0 Å². The Morgan fingerprint density at radius 2 is 2.06 bits per heavy atom. The molecule has 1 atom stereocenters. The van der Waals surface area contributed by atoms with E-state index in [0.717, 1.165) is 25.0 Å². The van der Waals surface area contributed by atoms with Gasteiger partial charge in [-0.05, 0) is 25.5 Å². The summed E-state index contributed by atoms with van der Waals surface area (Å²) in [5, 5.41) is -0.167. The minimum absolute atomic E-state index is 0.0292. The quantitative estimate of drug-likeness (QED) is 0.500. The van der Waals surface area contributed by atoms with Crippen LogP contribution in [-0.4, -0.2) is 40.0 Å². The third-order valence-electron chi connectivity index (χ3n) is 2.98. The molecule has 0 N–H and O–H groups in total. The van der Waals surface area contributed by atoms with Gasteiger partial charge in [0.2, 0.25) is 11.8 Å².